The summed E-state index contributed by atoms with van der Waals surface area (Å²) in [4.78, 5) is 16.2. The van der Waals surface area contributed by atoms with Crippen LogP contribution in [0.1, 0.15) is 12.5 Å². The van der Waals surface area contributed by atoms with Crippen molar-refractivity contribution in [1.82, 2.24) is 4.68 Å². The summed E-state index contributed by atoms with van der Waals surface area (Å²) in [5.41, 5.74) is 2.07. The van der Waals surface area contributed by atoms with Crippen LogP contribution in [-0.4, -0.2) is 29.2 Å². The SMILES string of the molecule is CCN=c1scc(-c2ccccc2)n1N=Cc1cc2c(cc1[N+](=O)[O-])OCO2. The topological polar surface area (TPSA) is 91.2 Å². The molecule has 28 heavy (non-hydrogen) atoms. The first kappa shape index (κ1) is 17.9. The molecule has 1 aliphatic rings. The first-order valence-electron chi connectivity index (χ1n) is 8.56. The average Bonchev–Trinajstić information content (AvgIpc) is 3.32. The van der Waals surface area contributed by atoms with Gasteiger partial charge in [-0.2, -0.15) is 5.10 Å². The van der Waals surface area contributed by atoms with Crippen LogP contribution in [0.25, 0.3) is 11.3 Å². The maximum atomic E-state index is 11.5. The van der Waals surface area contributed by atoms with E-state index in [0.29, 0.717) is 28.4 Å². The van der Waals surface area contributed by atoms with Crippen LogP contribution in [0, 0.1) is 10.1 Å². The van der Waals surface area contributed by atoms with Gasteiger partial charge in [0.1, 0.15) is 0 Å². The van der Waals surface area contributed by atoms with E-state index < -0.39 is 4.92 Å². The molecule has 0 bridgehead atoms. The Labute approximate surface area is 164 Å². The van der Waals surface area contributed by atoms with Crippen molar-refractivity contribution in [2.75, 3.05) is 13.3 Å². The van der Waals surface area contributed by atoms with Crippen LogP contribution in [0.15, 0.2) is 57.9 Å². The molecule has 0 aliphatic carbocycles. The largest absolute Gasteiger partial charge is 0.454 e. The number of hydrogen-bond donors (Lipinski definition) is 0. The summed E-state index contributed by atoms with van der Waals surface area (Å²) in [6.45, 7) is 2.59. The number of benzene rings is 2. The molecule has 142 valence electrons. The van der Waals surface area contributed by atoms with Gasteiger partial charge in [-0.05, 0) is 13.0 Å². The smallest absolute Gasteiger partial charge is 0.282 e. The number of ether oxygens (including phenoxy) is 2. The van der Waals surface area contributed by atoms with Gasteiger partial charge in [-0.25, -0.2) is 4.68 Å². The molecule has 0 unspecified atom stereocenters. The minimum atomic E-state index is -0.461. The van der Waals surface area contributed by atoms with Gasteiger partial charge in [0.05, 0.1) is 28.5 Å². The third-order valence-electron chi connectivity index (χ3n) is 4.08. The zero-order chi connectivity index (χ0) is 19.5. The molecule has 9 heteroatoms. The second kappa shape index (κ2) is 7.65. The maximum Gasteiger partial charge on any atom is 0.282 e. The minimum absolute atomic E-state index is 0.0457. The standard InChI is InChI=1S/C19H16N4O4S/c1-2-20-19-22(16(11-28-19)13-6-4-3-5-7-13)21-10-14-8-17-18(27-12-26-17)9-15(14)23(24)25/h3-11H,2,12H2,1H3. The fourth-order valence-electron chi connectivity index (χ4n) is 2.79. The Balaban J connectivity index is 1.82. The predicted octanol–water partition coefficient (Wildman–Crippen LogP) is 3.66. The molecule has 0 atom stereocenters. The first-order valence-corrected chi connectivity index (χ1v) is 9.44. The van der Waals surface area contributed by atoms with Crippen LogP contribution in [0.2, 0.25) is 0 Å². The van der Waals surface area contributed by atoms with Gasteiger partial charge in [0.2, 0.25) is 11.6 Å². The summed E-state index contributed by atoms with van der Waals surface area (Å²) in [6, 6.07) is 12.7. The molecule has 3 aromatic rings. The van der Waals surface area contributed by atoms with Crippen LogP contribution in [0.3, 0.4) is 0 Å². The van der Waals surface area contributed by atoms with Crippen molar-refractivity contribution in [2.24, 2.45) is 10.1 Å². The number of nitro groups is 1. The van der Waals surface area contributed by atoms with E-state index in [1.165, 1.54) is 23.6 Å². The van der Waals surface area contributed by atoms with E-state index in [-0.39, 0.29) is 12.5 Å². The van der Waals surface area contributed by atoms with Crippen LogP contribution in [-0.2, 0) is 0 Å². The van der Waals surface area contributed by atoms with E-state index in [2.05, 4.69) is 10.1 Å². The fourth-order valence-corrected chi connectivity index (χ4v) is 3.69. The van der Waals surface area contributed by atoms with Gasteiger partial charge in [0.15, 0.2) is 11.5 Å². The Morgan fingerprint density at radius 2 is 2.00 bits per heavy atom. The summed E-state index contributed by atoms with van der Waals surface area (Å²) in [5, 5.41) is 17.9. The zero-order valence-electron chi connectivity index (χ0n) is 14.9. The van der Waals surface area contributed by atoms with E-state index >= 15 is 0 Å². The van der Waals surface area contributed by atoms with Gasteiger partial charge in [0, 0.05) is 17.5 Å². The molecule has 0 N–H and O–H groups in total. The highest BCUT2D eigenvalue weighted by atomic mass is 32.1. The van der Waals surface area contributed by atoms with Crippen molar-refractivity contribution in [2.45, 2.75) is 6.92 Å². The van der Waals surface area contributed by atoms with Gasteiger partial charge in [0.25, 0.3) is 5.69 Å². The molecular weight excluding hydrogens is 380 g/mol. The van der Waals surface area contributed by atoms with Crippen LogP contribution >= 0.6 is 11.3 Å². The molecule has 2 heterocycles. The Bertz CT molecular complexity index is 1120. The summed E-state index contributed by atoms with van der Waals surface area (Å²) in [6.07, 6.45) is 1.45. The van der Waals surface area contributed by atoms with Crippen molar-refractivity contribution in [1.29, 1.82) is 0 Å². The van der Waals surface area contributed by atoms with E-state index in [4.69, 9.17) is 9.47 Å². The highest BCUT2D eigenvalue weighted by molar-refractivity contribution is 7.07. The van der Waals surface area contributed by atoms with E-state index in [0.717, 1.165) is 11.3 Å². The van der Waals surface area contributed by atoms with Crippen LogP contribution in [0.4, 0.5) is 5.69 Å². The molecule has 2 aromatic carbocycles. The van der Waals surface area contributed by atoms with Crippen LogP contribution < -0.4 is 14.3 Å². The Hall–Kier alpha value is -3.46. The Morgan fingerprint density at radius 3 is 2.71 bits per heavy atom. The number of thiazole rings is 1. The number of nitro benzene ring substituents is 1. The highest BCUT2D eigenvalue weighted by Crippen LogP contribution is 2.37. The van der Waals surface area contributed by atoms with Gasteiger partial charge in [-0.1, -0.05) is 30.3 Å². The molecule has 0 saturated carbocycles. The molecule has 0 saturated heterocycles. The monoisotopic (exact) mass is 396 g/mol. The molecule has 8 nitrogen and oxygen atoms in total. The van der Waals surface area contributed by atoms with Crippen molar-refractivity contribution in [3.05, 3.63) is 68.3 Å². The van der Waals surface area contributed by atoms with Gasteiger partial charge in [-0.3, -0.25) is 15.1 Å². The summed E-state index contributed by atoms with van der Waals surface area (Å²) in [5.74, 6) is 0.822. The third kappa shape index (κ3) is 3.39. The third-order valence-corrected chi connectivity index (χ3v) is 4.93. The quantitative estimate of drug-likeness (QED) is 0.374. The summed E-state index contributed by atoms with van der Waals surface area (Å²) < 4.78 is 12.3. The number of nitrogens with zero attached hydrogens (tertiary/aromatic N) is 4. The molecule has 1 aliphatic heterocycles. The van der Waals surface area contributed by atoms with E-state index in [1.807, 2.05) is 42.6 Å². The zero-order valence-corrected chi connectivity index (χ0v) is 15.8. The summed E-state index contributed by atoms with van der Waals surface area (Å²) >= 11 is 1.47. The number of hydrogen-bond acceptors (Lipinski definition) is 7. The number of rotatable bonds is 5. The molecule has 0 amide bonds. The minimum Gasteiger partial charge on any atom is -0.454 e. The number of fused-ring (bicyclic) bond motifs is 1. The lowest BCUT2D eigenvalue weighted by molar-refractivity contribution is -0.385. The highest BCUT2D eigenvalue weighted by Gasteiger charge is 2.22. The second-order valence-electron chi connectivity index (χ2n) is 5.82. The lowest BCUT2D eigenvalue weighted by atomic mass is 10.1. The van der Waals surface area contributed by atoms with Crippen LogP contribution in [0.5, 0.6) is 11.5 Å². The maximum absolute atomic E-state index is 11.5. The fraction of sp³-hybridized carbons (Fsp3) is 0.158. The van der Waals surface area contributed by atoms with Gasteiger partial charge < -0.3 is 9.47 Å². The first-order chi connectivity index (χ1) is 13.7. The number of aromatic nitrogens is 1. The second-order valence-corrected chi connectivity index (χ2v) is 6.66. The Kier molecular flexibility index (Phi) is 4.90. The van der Waals surface area contributed by atoms with Crippen molar-refractivity contribution in [3.63, 3.8) is 0 Å². The summed E-state index contributed by atoms with van der Waals surface area (Å²) in [7, 11) is 0. The van der Waals surface area contributed by atoms with Crippen molar-refractivity contribution < 1.29 is 14.4 Å². The average molecular weight is 396 g/mol. The van der Waals surface area contributed by atoms with Gasteiger partial charge in [-0.15, -0.1) is 11.3 Å². The molecular formula is C19H16N4O4S. The molecule has 0 radical (unpaired) electrons. The predicted molar refractivity (Wildman–Crippen MR) is 106 cm³/mol. The molecule has 0 spiro atoms. The molecule has 0 fully saturated rings. The van der Waals surface area contributed by atoms with E-state index in [1.54, 1.807) is 10.7 Å². The van der Waals surface area contributed by atoms with Gasteiger partial charge >= 0.3 is 0 Å². The lowest BCUT2D eigenvalue weighted by Crippen LogP contribution is -2.12. The van der Waals surface area contributed by atoms with E-state index in [9.17, 15) is 10.1 Å². The lowest BCUT2D eigenvalue weighted by Gasteiger charge is -2.04. The Morgan fingerprint density at radius 1 is 1.25 bits per heavy atom. The molecule has 1 aromatic heterocycles. The van der Waals surface area contributed by atoms with Crippen molar-refractivity contribution in [3.8, 4) is 22.8 Å². The molecule has 4 rings (SSSR count). The normalized spacial score (nSPS) is 13.4. The van der Waals surface area contributed by atoms with Crippen molar-refractivity contribution >= 4 is 23.2 Å².